The molecule has 2 aromatic rings. The molecule has 0 saturated carbocycles. The molecule has 0 spiro atoms. The van der Waals surface area contributed by atoms with Crippen molar-refractivity contribution in [2.24, 2.45) is 0 Å². The van der Waals surface area contributed by atoms with Gasteiger partial charge < -0.3 is 14.9 Å². The number of Topliss-reactive ketones (excluding diaryl/α,β-unsaturated/α-hetero) is 1. The molecule has 2 N–H and O–H groups in total. The minimum atomic E-state index is -1.13. The average Bonchev–Trinajstić information content (AvgIpc) is 2.38. The van der Waals surface area contributed by atoms with Crippen molar-refractivity contribution >= 4 is 11.8 Å². The van der Waals surface area contributed by atoms with Crippen LogP contribution in [0.3, 0.4) is 0 Å². The highest BCUT2D eigenvalue weighted by Gasteiger charge is 2.27. The number of rotatable bonds is 4. The van der Waals surface area contributed by atoms with Crippen LogP contribution in [0.15, 0.2) is 48.5 Å². The van der Waals surface area contributed by atoms with Crippen LogP contribution in [-0.2, 0) is 9.59 Å². The average molecular weight is 286 g/mol. The topological polar surface area (TPSA) is 83.8 Å². The van der Waals surface area contributed by atoms with Gasteiger partial charge in [0.1, 0.15) is 28.9 Å². The molecular formula is C16H14O5. The quantitative estimate of drug-likeness (QED) is 0.512. The van der Waals surface area contributed by atoms with Crippen molar-refractivity contribution in [1.82, 2.24) is 0 Å². The predicted octanol–water partition coefficient (Wildman–Crippen LogP) is 2.38. The Labute approximate surface area is 121 Å². The Kier molecular flexibility index (Phi) is 4.23. The number of carbonyl (C=O) groups is 2. The standard InChI is InChI=1S/C16H14O5/c1-10(17)15(11-4-2-5-12(18)8-11)16(20)21-14-7-3-6-13(19)9-14/h2-9,15,18-19H,1H3. The number of hydrogen-bond acceptors (Lipinski definition) is 5. The summed E-state index contributed by atoms with van der Waals surface area (Å²) in [7, 11) is 0. The molecule has 0 aromatic heterocycles. The predicted molar refractivity (Wildman–Crippen MR) is 75.3 cm³/mol. The Hall–Kier alpha value is -2.82. The third-order valence-corrected chi connectivity index (χ3v) is 2.88. The molecule has 5 nitrogen and oxygen atoms in total. The lowest BCUT2D eigenvalue weighted by Gasteiger charge is -2.13. The molecule has 0 amide bonds. The molecule has 0 radical (unpaired) electrons. The number of phenolic OH excluding ortho intramolecular Hbond substituents is 2. The van der Waals surface area contributed by atoms with E-state index in [1.165, 1.54) is 43.3 Å². The van der Waals surface area contributed by atoms with Gasteiger partial charge in [-0.15, -0.1) is 0 Å². The first-order valence-corrected chi connectivity index (χ1v) is 6.27. The summed E-state index contributed by atoms with van der Waals surface area (Å²) in [6.07, 6.45) is 0. The summed E-state index contributed by atoms with van der Waals surface area (Å²) in [5, 5.41) is 18.8. The number of aromatic hydroxyl groups is 2. The number of hydrogen-bond donors (Lipinski definition) is 2. The van der Waals surface area contributed by atoms with Crippen molar-refractivity contribution in [2.45, 2.75) is 12.8 Å². The van der Waals surface area contributed by atoms with Crippen LogP contribution in [0.1, 0.15) is 18.4 Å². The van der Waals surface area contributed by atoms with Crippen molar-refractivity contribution in [3.05, 3.63) is 54.1 Å². The van der Waals surface area contributed by atoms with E-state index < -0.39 is 17.7 Å². The number of carbonyl (C=O) groups excluding carboxylic acids is 2. The normalized spacial score (nSPS) is 11.7. The van der Waals surface area contributed by atoms with Crippen LogP contribution in [-0.4, -0.2) is 22.0 Å². The molecule has 0 aliphatic heterocycles. The molecule has 0 fully saturated rings. The third-order valence-electron chi connectivity index (χ3n) is 2.88. The van der Waals surface area contributed by atoms with Crippen molar-refractivity contribution in [2.75, 3.05) is 0 Å². The molecule has 5 heteroatoms. The number of benzene rings is 2. The zero-order chi connectivity index (χ0) is 15.4. The van der Waals surface area contributed by atoms with Crippen LogP contribution < -0.4 is 4.74 Å². The summed E-state index contributed by atoms with van der Waals surface area (Å²) in [4.78, 5) is 23.9. The van der Waals surface area contributed by atoms with Gasteiger partial charge in [0.25, 0.3) is 0 Å². The van der Waals surface area contributed by atoms with E-state index in [1.54, 1.807) is 12.1 Å². The molecule has 108 valence electrons. The molecular weight excluding hydrogens is 272 g/mol. The minimum Gasteiger partial charge on any atom is -0.508 e. The largest absolute Gasteiger partial charge is 0.508 e. The SMILES string of the molecule is CC(=O)C(C(=O)Oc1cccc(O)c1)c1cccc(O)c1. The van der Waals surface area contributed by atoms with Crippen LogP contribution in [0.4, 0.5) is 0 Å². The zero-order valence-electron chi connectivity index (χ0n) is 11.3. The fraction of sp³-hybridized carbons (Fsp3) is 0.125. The Balaban J connectivity index is 2.26. The molecule has 21 heavy (non-hydrogen) atoms. The molecule has 0 heterocycles. The summed E-state index contributed by atoms with van der Waals surface area (Å²) in [6, 6.07) is 11.6. The van der Waals surface area contributed by atoms with E-state index in [0.717, 1.165) is 0 Å². The van der Waals surface area contributed by atoms with Crippen LogP contribution in [0.25, 0.3) is 0 Å². The van der Waals surface area contributed by atoms with Crippen LogP contribution >= 0.6 is 0 Å². The smallest absolute Gasteiger partial charge is 0.326 e. The van der Waals surface area contributed by atoms with Gasteiger partial charge in [0, 0.05) is 6.07 Å². The van der Waals surface area contributed by atoms with E-state index in [9.17, 15) is 19.8 Å². The maximum Gasteiger partial charge on any atom is 0.326 e. The number of ketones is 1. The summed E-state index contributed by atoms with van der Waals surface area (Å²) < 4.78 is 5.11. The van der Waals surface area contributed by atoms with E-state index in [0.29, 0.717) is 5.56 Å². The van der Waals surface area contributed by atoms with Gasteiger partial charge in [-0.1, -0.05) is 18.2 Å². The lowest BCUT2D eigenvalue weighted by molar-refractivity contribution is -0.139. The van der Waals surface area contributed by atoms with Crippen molar-refractivity contribution < 1.29 is 24.5 Å². The molecule has 2 rings (SSSR count). The van der Waals surface area contributed by atoms with Gasteiger partial charge in [-0.3, -0.25) is 9.59 Å². The van der Waals surface area contributed by atoms with E-state index >= 15 is 0 Å². The summed E-state index contributed by atoms with van der Waals surface area (Å²) in [5.41, 5.74) is 0.354. The van der Waals surface area contributed by atoms with Crippen LogP contribution in [0, 0.1) is 0 Å². The maximum atomic E-state index is 12.2. The van der Waals surface area contributed by atoms with Gasteiger partial charge in [-0.25, -0.2) is 0 Å². The second-order valence-electron chi connectivity index (χ2n) is 4.56. The molecule has 0 saturated heterocycles. The van der Waals surface area contributed by atoms with E-state index in [-0.39, 0.29) is 17.2 Å². The van der Waals surface area contributed by atoms with E-state index in [1.807, 2.05) is 0 Å². The first kappa shape index (κ1) is 14.6. The summed E-state index contributed by atoms with van der Waals surface area (Å²) >= 11 is 0. The van der Waals surface area contributed by atoms with E-state index in [2.05, 4.69) is 0 Å². The first-order chi connectivity index (χ1) is 9.97. The van der Waals surface area contributed by atoms with Crippen molar-refractivity contribution in [3.63, 3.8) is 0 Å². The van der Waals surface area contributed by atoms with Gasteiger partial charge in [-0.05, 0) is 36.8 Å². The first-order valence-electron chi connectivity index (χ1n) is 6.27. The number of esters is 1. The Morgan fingerprint density at radius 3 is 2.19 bits per heavy atom. The fourth-order valence-electron chi connectivity index (χ4n) is 1.96. The number of phenols is 2. The Morgan fingerprint density at radius 1 is 1.00 bits per heavy atom. The van der Waals surface area contributed by atoms with Gasteiger partial charge in [0.2, 0.25) is 0 Å². The van der Waals surface area contributed by atoms with Crippen molar-refractivity contribution in [1.29, 1.82) is 0 Å². The minimum absolute atomic E-state index is 0.0381. The van der Waals surface area contributed by atoms with Crippen molar-refractivity contribution in [3.8, 4) is 17.2 Å². The lowest BCUT2D eigenvalue weighted by Crippen LogP contribution is -2.24. The van der Waals surface area contributed by atoms with Crippen LogP contribution in [0.2, 0.25) is 0 Å². The molecule has 2 aromatic carbocycles. The van der Waals surface area contributed by atoms with Gasteiger partial charge in [0.15, 0.2) is 0 Å². The highest BCUT2D eigenvalue weighted by atomic mass is 16.5. The zero-order valence-corrected chi connectivity index (χ0v) is 11.3. The molecule has 0 bridgehead atoms. The molecule has 1 atom stereocenters. The molecule has 0 aliphatic rings. The highest BCUT2D eigenvalue weighted by molar-refractivity contribution is 6.04. The van der Waals surface area contributed by atoms with Crippen LogP contribution in [0.5, 0.6) is 17.2 Å². The summed E-state index contributed by atoms with van der Waals surface area (Å²) in [6.45, 7) is 1.28. The monoisotopic (exact) mass is 286 g/mol. The highest BCUT2D eigenvalue weighted by Crippen LogP contribution is 2.25. The fourth-order valence-corrected chi connectivity index (χ4v) is 1.96. The maximum absolute atomic E-state index is 12.2. The van der Waals surface area contributed by atoms with Gasteiger partial charge in [0.05, 0.1) is 0 Å². The molecule has 1 unspecified atom stereocenters. The van der Waals surface area contributed by atoms with Gasteiger partial charge >= 0.3 is 5.97 Å². The second kappa shape index (κ2) is 6.09. The molecule has 0 aliphatic carbocycles. The second-order valence-corrected chi connectivity index (χ2v) is 4.56. The lowest BCUT2D eigenvalue weighted by atomic mass is 9.95. The Morgan fingerprint density at radius 2 is 1.62 bits per heavy atom. The Bertz CT molecular complexity index is 678. The van der Waals surface area contributed by atoms with Gasteiger partial charge in [-0.2, -0.15) is 0 Å². The summed E-state index contributed by atoms with van der Waals surface area (Å²) in [5.74, 6) is -2.23. The third kappa shape index (κ3) is 3.60. The van der Waals surface area contributed by atoms with E-state index in [4.69, 9.17) is 4.74 Å². The number of ether oxygens (including phenoxy) is 1.